The largest absolute Gasteiger partial charge is 0.346 e. The molecule has 3 aromatic rings. The lowest BCUT2D eigenvalue weighted by atomic mass is 9.87. The summed E-state index contributed by atoms with van der Waals surface area (Å²) in [5.41, 5.74) is 2.23. The van der Waals surface area contributed by atoms with Gasteiger partial charge in [0.2, 0.25) is 0 Å². The van der Waals surface area contributed by atoms with E-state index in [0.29, 0.717) is 16.6 Å². The summed E-state index contributed by atoms with van der Waals surface area (Å²) in [6.07, 6.45) is 0. The Labute approximate surface area is 146 Å². The van der Waals surface area contributed by atoms with E-state index < -0.39 is 0 Å². The number of H-pyrrole nitrogens is 1. The normalized spacial score (nSPS) is 11.5. The average Bonchev–Trinajstić information content (AvgIpc) is 2.60. The van der Waals surface area contributed by atoms with Crippen molar-refractivity contribution in [3.05, 3.63) is 75.7 Å². The second-order valence-electron chi connectivity index (χ2n) is 7.06. The fraction of sp³-hybridized carbons (Fsp3) is 0.250. The van der Waals surface area contributed by atoms with Crippen LogP contribution in [-0.4, -0.2) is 16.1 Å². The smallest absolute Gasteiger partial charge is 0.272 e. The summed E-state index contributed by atoms with van der Waals surface area (Å²) < 4.78 is 0. The average molecular weight is 335 g/mol. The first-order valence-corrected chi connectivity index (χ1v) is 8.21. The molecule has 5 nitrogen and oxygen atoms in total. The van der Waals surface area contributed by atoms with Crippen molar-refractivity contribution in [2.75, 3.05) is 0 Å². The Morgan fingerprint density at radius 1 is 1.04 bits per heavy atom. The van der Waals surface area contributed by atoms with Crippen LogP contribution in [0.25, 0.3) is 10.8 Å². The van der Waals surface area contributed by atoms with Crippen molar-refractivity contribution in [2.24, 2.45) is 0 Å². The Morgan fingerprint density at radius 3 is 2.32 bits per heavy atom. The summed E-state index contributed by atoms with van der Waals surface area (Å²) in [6, 6.07) is 14.8. The Kier molecular flexibility index (Phi) is 4.40. The van der Waals surface area contributed by atoms with Crippen LogP contribution in [0.5, 0.6) is 0 Å². The van der Waals surface area contributed by atoms with Gasteiger partial charge in [-0.25, -0.2) is 5.10 Å². The van der Waals surface area contributed by atoms with E-state index in [1.165, 1.54) is 5.56 Å². The zero-order valence-corrected chi connectivity index (χ0v) is 14.6. The Morgan fingerprint density at radius 2 is 1.68 bits per heavy atom. The number of amides is 1. The number of benzene rings is 2. The molecule has 0 saturated heterocycles. The number of nitrogens with zero attached hydrogens (tertiary/aromatic N) is 1. The van der Waals surface area contributed by atoms with Crippen molar-refractivity contribution in [3.63, 3.8) is 0 Å². The first kappa shape index (κ1) is 16.9. The molecule has 25 heavy (non-hydrogen) atoms. The van der Waals surface area contributed by atoms with Gasteiger partial charge in [0, 0.05) is 10.9 Å². The van der Waals surface area contributed by atoms with Gasteiger partial charge in [-0.2, -0.15) is 5.10 Å². The zero-order chi connectivity index (χ0) is 18.0. The molecule has 0 saturated carbocycles. The SMILES string of the molecule is CC(C)(C)c1ccc(C(=O)NCc2n[nH]c(=O)c3ccccc23)cc1. The van der Waals surface area contributed by atoms with Crippen molar-refractivity contribution < 1.29 is 4.79 Å². The number of hydrogen-bond acceptors (Lipinski definition) is 3. The topological polar surface area (TPSA) is 74.8 Å². The van der Waals surface area contributed by atoms with E-state index in [2.05, 4.69) is 36.3 Å². The van der Waals surface area contributed by atoms with Gasteiger partial charge in [-0.3, -0.25) is 9.59 Å². The molecule has 0 aliphatic rings. The van der Waals surface area contributed by atoms with Crippen molar-refractivity contribution in [1.82, 2.24) is 15.5 Å². The molecule has 1 heterocycles. The molecule has 1 amide bonds. The molecule has 2 aromatic carbocycles. The van der Waals surface area contributed by atoms with E-state index in [1.807, 2.05) is 36.4 Å². The number of carbonyl (C=O) groups is 1. The summed E-state index contributed by atoms with van der Waals surface area (Å²) in [5, 5.41) is 10.7. The van der Waals surface area contributed by atoms with Crippen LogP contribution in [0.2, 0.25) is 0 Å². The highest BCUT2D eigenvalue weighted by atomic mass is 16.1. The Balaban J connectivity index is 1.77. The molecule has 0 atom stereocenters. The van der Waals surface area contributed by atoms with E-state index >= 15 is 0 Å². The fourth-order valence-corrected chi connectivity index (χ4v) is 2.69. The predicted octanol–water partition coefficient (Wildman–Crippen LogP) is 3.15. The Hall–Kier alpha value is -2.95. The second kappa shape index (κ2) is 6.51. The third kappa shape index (κ3) is 3.60. The minimum absolute atomic E-state index is 0.0494. The lowest BCUT2D eigenvalue weighted by Gasteiger charge is -2.19. The number of aromatic nitrogens is 2. The molecule has 5 heteroatoms. The van der Waals surface area contributed by atoms with Gasteiger partial charge in [-0.1, -0.05) is 51.1 Å². The van der Waals surface area contributed by atoms with Crippen LogP contribution in [0, 0.1) is 0 Å². The molecular weight excluding hydrogens is 314 g/mol. The van der Waals surface area contributed by atoms with Crippen molar-refractivity contribution in [2.45, 2.75) is 32.7 Å². The monoisotopic (exact) mass is 335 g/mol. The number of nitrogens with one attached hydrogen (secondary N) is 2. The van der Waals surface area contributed by atoms with E-state index in [0.717, 1.165) is 5.39 Å². The van der Waals surface area contributed by atoms with Gasteiger partial charge in [0.15, 0.2) is 0 Å². The van der Waals surface area contributed by atoms with E-state index in [-0.39, 0.29) is 23.4 Å². The van der Waals surface area contributed by atoms with Crippen LogP contribution in [0.1, 0.15) is 42.4 Å². The van der Waals surface area contributed by atoms with Gasteiger partial charge in [0.1, 0.15) is 0 Å². The third-order valence-electron chi connectivity index (χ3n) is 4.20. The summed E-state index contributed by atoms with van der Waals surface area (Å²) >= 11 is 0. The second-order valence-corrected chi connectivity index (χ2v) is 7.06. The van der Waals surface area contributed by atoms with Crippen LogP contribution in [0.4, 0.5) is 0 Å². The third-order valence-corrected chi connectivity index (χ3v) is 4.20. The lowest BCUT2D eigenvalue weighted by Crippen LogP contribution is -2.25. The minimum atomic E-state index is -0.233. The molecule has 0 fully saturated rings. The first-order chi connectivity index (χ1) is 11.9. The molecule has 0 aliphatic carbocycles. The van der Waals surface area contributed by atoms with Crippen LogP contribution in [-0.2, 0) is 12.0 Å². The Bertz CT molecular complexity index is 967. The number of aromatic amines is 1. The molecule has 0 spiro atoms. The molecule has 0 bridgehead atoms. The number of carbonyl (C=O) groups excluding carboxylic acids is 1. The standard InChI is InChI=1S/C20H21N3O2/c1-20(2,3)14-10-8-13(9-11-14)18(24)21-12-17-15-6-4-5-7-16(15)19(25)23-22-17/h4-11H,12H2,1-3H3,(H,21,24)(H,23,25). The molecular formula is C20H21N3O2. The van der Waals surface area contributed by atoms with E-state index in [1.54, 1.807) is 12.1 Å². The number of rotatable bonds is 3. The van der Waals surface area contributed by atoms with Crippen LogP contribution < -0.4 is 10.9 Å². The van der Waals surface area contributed by atoms with Gasteiger partial charge in [-0.15, -0.1) is 0 Å². The molecule has 3 rings (SSSR count). The van der Waals surface area contributed by atoms with Gasteiger partial charge in [0.25, 0.3) is 11.5 Å². The molecule has 0 radical (unpaired) electrons. The zero-order valence-electron chi connectivity index (χ0n) is 14.6. The van der Waals surface area contributed by atoms with Gasteiger partial charge in [-0.05, 0) is 29.2 Å². The van der Waals surface area contributed by atoms with Crippen molar-refractivity contribution in [3.8, 4) is 0 Å². The molecule has 128 valence electrons. The highest BCUT2D eigenvalue weighted by Crippen LogP contribution is 2.22. The maximum atomic E-state index is 12.4. The maximum Gasteiger partial charge on any atom is 0.272 e. The minimum Gasteiger partial charge on any atom is -0.346 e. The first-order valence-electron chi connectivity index (χ1n) is 8.21. The van der Waals surface area contributed by atoms with E-state index in [4.69, 9.17) is 0 Å². The number of fused-ring (bicyclic) bond motifs is 1. The van der Waals surface area contributed by atoms with Crippen LogP contribution in [0.15, 0.2) is 53.3 Å². The highest BCUT2D eigenvalue weighted by molar-refractivity contribution is 5.94. The fourth-order valence-electron chi connectivity index (χ4n) is 2.69. The summed E-state index contributed by atoms with van der Waals surface area (Å²) in [6.45, 7) is 6.65. The van der Waals surface area contributed by atoms with Crippen molar-refractivity contribution >= 4 is 16.7 Å². The van der Waals surface area contributed by atoms with Gasteiger partial charge in [0.05, 0.1) is 17.6 Å². The van der Waals surface area contributed by atoms with Gasteiger partial charge >= 0.3 is 0 Å². The summed E-state index contributed by atoms with van der Waals surface area (Å²) in [5.74, 6) is -0.169. The lowest BCUT2D eigenvalue weighted by molar-refractivity contribution is 0.0950. The van der Waals surface area contributed by atoms with Crippen LogP contribution in [0.3, 0.4) is 0 Å². The predicted molar refractivity (Wildman–Crippen MR) is 98.7 cm³/mol. The maximum absolute atomic E-state index is 12.4. The molecule has 0 aliphatic heterocycles. The number of hydrogen-bond donors (Lipinski definition) is 2. The van der Waals surface area contributed by atoms with Crippen LogP contribution >= 0.6 is 0 Å². The van der Waals surface area contributed by atoms with Gasteiger partial charge < -0.3 is 5.32 Å². The van der Waals surface area contributed by atoms with Crippen molar-refractivity contribution in [1.29, 1.82) is 0 Å². The molecule has 0 unspecified atom stereocenters. The molecule has 2 N–H and O–H groups in total. The summed E-state index contributed by atoms with van der Waals surface area (Å²) in [4.78, 5) is 24.2. The summed E-state index contributed by atoms with van der Waals surface area (Å²) in [7, 11) is 0. The molecule has 1 aromatic heterocycles. The quantitative estimate of drug-likeness (QED) is 0.772. The highest BCUT2D eigenvalue weighted by Gasteiger charge is 2.14. The van der Waals surface area contributed by atoms with E-state index in [9.17, 15) is 9.59 Å².